The van der Waals surface area contributed by atoms with Gasteiger partial charge in [-0.3, -0.25) is 4.31 Å². The largest absolute Gasteiger partial charge is 0.462 e. The number of anilines is 1. The molecule has 0 atom stereocenters. The summed E-state index contributed by atoms with van der Waals surface area (Å²) >= 11 is 4.07. The van der Waals surface area contributed by atoms with Crippen LogP contribution in [0.15, 0.2) is 53.4 Å². The Hall–Kier alpha value is -3.25. The van der Waals surface area contributed by atoms with Crippen LogP contribution in [0.1, 0.15) is 36.2 Å². The summed E-state index contributed by atoms with van der Waals surface area (Å²) in [4.78, 5) is 36.2. The highest BCUT2D eigenvalue weighted by Crippen LogP contribution is 2.13. The fraction of sp³-hybridized carbons (Fsp3) is 0.318. The van der Waals surface area contributed by atoms with E-state index in [1.54, 1.807) is 12.1 Å². The second kappa shape index (κ2) is 12.3. The number of thiol groups is 1. The predicted octanol–water partition coefficient (Wildman–Crippen LogP) is 3.32. The summed E-state index contributed by atoms with van der Waals surface area (Å²) in [5, 5.41) is 5.04. The number of hydrogen-bond acceptors (Lipinski definition) is 7. The lowest BCUT2D eigenvalue weighted by atomic mass is 10.2. The van der Waals surface area contributed by atoms with Crippen molar-refractivity contribution in [3.63, 3.8) is 0 Å². The van der Waals surface area contributed by atoms with Gasteiger partial charge in [-0.15, -0.1) is 0 Å². The van der Waals surface area contributed by atoms with Gasteiger partial charge in [0.05, 0.1) is 17.1 Å². The zero-order chi connectivity index (χ0) is 25.3. The average Bonchev–Trinajstić information content (AvgIpc) is 2.77. The monoisotopic (exact) mass is 508 g/mol. The molecule has 0 aliphatic carbocycles. The normalized spacial score (nSPS) is 11.0. The van der Waals surface area contributed by atoms with Gasteiger partial charge in [-0.1, -0.05) is 36.6 Å². The maximum Gasteiger partial charge on any atom is 0.338 e. The summed E-state index contributed by atoms with van der Waals surface area (Å²) in [6, 6.07) is 10.5. The number of urea groups is 2. The smallest absolute Gasteiger partial charge is 0.338 e. The number of rotatable bonds is 9. The molecule has 0 aliphatic heterocycles. The third-order valence-corrected chi connectivity index (χ3v) is 6.43. The molecular formula is C22H28N4O6S2. The van der Waals surface area contributed by atoms with E-state index in [0.29, 0.717) is 13.0 Å². The van der Waals surface area contributed by atoms with Gasteiger partial charge in [-0.05, 0) is 57.5 Å². The Kier molecular flexibility index (Phi) is 9.75. The minimum Gasteiger partial charge on any atom is -0.462 e. The van der Waals surface area contributed by atoms with E-state index in [9.17, 15) is 22.8 Å². The van der Waals surface area contributed by atoms with Crippen LogP contribution in [0, 0.1) is 6.92 Å². The fourth-order valence-electron chi connectivity index (χ4n) is 2.61. The van der Waals surface area contributed by atoms with Crippen LogP contribution in [0.2, 0.25) is 0 Å². The molecule has 0 heterocycles. The minimum atomic E-state index is -4.05. The molecule has 0 spiro atoms. The van der Waals surface area contributed by atoms with Crippen LogP contribution in [0.25, 0.3) is 0 Å². The van der Waals surface area contributed by atoms with Crippen LogP contribution in [0.5, 0.6) is 0 Å². The van der Waals surface area contributed by atoms with E-state index in [-0.39, 0.29) is 34.8 Å². The lowest BCUT2D eigenvalue weighted by Crippen LogP contribution is -2.38. The van der Waals surface area contributed by atoms with Crippen molar-refractivity contribution >= 4 is 46.6 Å². The van der Waals surface area contributed by atoms with E-state index in [1.807, 2.05) is 25.5 Å². The molecule has 2 rings (SSSR count). The van der Waals surface area contributed by atoms with Gasteiger partial charge in [0, 0.05) is 18.3 Å². The van der Waals surface area contributed by atoms with Gasteiger partial charge in [0.1, 0.15) is 0 Å². The van der Waals surface area contributed by atoms with E-state index >= 15 is 0 Å². The summed E-state index contributed by atoms with van der Waals surface area (Å²) < 4.78 is 33.0. The van der Waals surface area contributed by atoms with Gasteiger partial charge in [0.2, 0.25) is 0 Å². The number of nitrogens with zero attached hydrogens (tertiary/aromatic N) is 1. The first-order valence-electron chi connectivity index (χ1n) is 10.4. The lowest BCUT2D eigenvalue weighted by Gasteiger charge is -2.20. The number of amides is 4. The van der Waals surface area contributed by atoms with Crippen LogP contribution in [-0.2, 0) is 14.8 Å². The van der Waals surface area contributed by atoms with Crippen molar-refractivity contribution in [2.75, 3.05) is 18.5 Å². The molecule has 2 aromatic rings. The Labute approximate surface area is 204 Å². The number of carbonyl (C=O) groups excluding carboxylic acids is 3. The zero-order valence-corrected chi connectivity index (χ0v) is 20.8. The molecule has 12 heteroatoms. The van der Waals surface area contributed by atoms with Gasteiger partial charge in [-0.2, -0.15) is 0 Å². The van der Waals surface area contributed by atoms with E-state index in [0.717, 1.165) is 5.56 Å². The van der Waals surface area contributed by atoms with Gasteiger partial charge >= 0.3 is 18.0 Å². The lowest BCUT2D eigenvalue weighted by molar-refractivity contribution is 0.0501. The summed E-state index contributed by atoms with van der Waals surface area (Å²) in [6.45, 7) is 5.83. The molecule has 184 valence electrons. The fourth-order valence-corrected chi connectivity index (χ4v) is 3.59. The average molecular weight is 509 g/mol. The molecule has 4 amide bonds. The molecule has 0 unspecified atom stereocenters. The molecule has 0 aliphatic rings. The summed E-state index contributed by atoms with van der Waals surface area (Å²) in [6.07, 6.45) is 0.397. The number of sulfonamides is 1. The first-order valence-corrected chi connectivity index (χ1v) is 12.3. The van der Waals surface area contributed by atoms with Crippen molar-refractivity contribution in [2.45, 2.75) is 38.1 Å². The van der Waals surface area contributed by atoms with Crippen LogP contribution in [-0.4, -0.2) is 49.9 Å². The highest BCUT2D eigenvalue weighted by Gasteiger charge is 2.18. The van der Waals surface area contributed by atoms with E-state index in [1.165, 1.54) is 40.7 Å². The molecule has 0 radical (unpaired) electrons. The Morgan fingerprint density at radius 3 is 2.41 bits per heavy atom. The molecule has 2 aromatic carbocycles. The van der Waals surface area contributed by atoms with Gasteiger partial charge in [0.15, 0.2) is 0 Å². The third-order valence-electron chi connectivity index (χ3n) is 4.44. The number of nitrogens with one attached hydrogen (secondary N) is 3. The highest BCUT2D eigenvalue weighted by molar-refractivity contribution is 7.90. The summed E-state index contributed by atoms with van der Waals surface area (Å²) in [5.41, 5.74) is 1.26. The molecule has 3 N–H and O–H groups in total. The molecule has 10 nitrogen and oxygen atoms in total. The number of carbonyl (C=O) groups is 3. The summed E-state index contributed by atoms with van der Waals surface area (Å²) in [7, 11) is -4.05. The Morgan fingerprint density at radius 2 is 1.76 bits per heavy atom. The Morgan fingerprint density at radius 1 is 1.09 bits per heavy atom. The van der Waals surface area contributed by atoms with E-state index in [2.05, 4.69) is 23.4 Å². The van der Waals surface area contributed by atoms with Crippen LogP contribution in [0.4, 0.5) is 15.3 Å². The van der Waals surface area contributed by atoms with Gasteiger partial charge in [-0.25, -0.2) is 27.5 Å². The van der Waals surface area contributed by atoms with Crippen molar-refractivity contribution in [2.24, 2.45) is 0 Å². The van der Waals surface area contributed by atoms with E-state index < -0.39 is 22.0 Å². The molecule has 0 bridgehead atoms. The van der Waals surface area contributed by atoms with Crippen LogP contribution in [0.3, 0.4) is 0 Å². The number of ether oxygens (including phenoxy) is 1. The summed E-state index contributed by atoms with van der Waals surface area (Å²) in [5.74, 6) is -0.624. The standard InChI is InChI=1S/C22H28N4O6S2/c1-15(2)26(33)22(29)23-12-5-13-32-20(27)17-6-4-7-18(14-17)24-21(28)25-34(30,31)19-10-8-16(3)9-11-19/h4,6-11,14-15,33H,5,12-13H2,1-3H3,(H,23,29)(H2,24,25,28). The SMILES string of the molecule is Cc1ccc(S(=O)(=O)NC(=O)Nc2cccc(C(=O)OCCCNC(=O)N(S)C(C)C)c2)cc1. The Balaban J connectivity index is 1.84. The number of aryl methyl sites for hydroxylation is 1. The van der Waals surface area contributed by atoms with Crippen LogP contribution >= 0.6 is 12.8 Å². The molecule has 0 saturated carbocycles. The third kappa shape index (κ3) is 8.27. The minimum absolute atomic E-state index is 0.0481. The maximum atomic E-state index is 12.3. The van der Waals surface area contributed by atoms with Crippen molar-refractivity contribution in [3.8, 4) is 0 Å². The van der Waals surface area contributed by atoms with Crippen molar-refractivity contribution < 1.29 is 27.5 Å². The molecule has 0 saturated heterocycles. The first kappa shape index (κ1) is 27.0. The molecule has 0 aromatic heterocycles. The topological polar surface area (TPSA) is 134 Å². The van der Waals surface area contributed by atoms with Crippen molar-refractivity contribution in [1.82, 2.24) is 14.3 Å². The number of hydrogen-bond donors (Lipinski definition) is 4. The second-order valence-electron chi connectivity index (χ2n) is 7.61. The molecule has 0 fully saturated rings. The predicted molar refractivity (Wildman–Crippen MR) is 131 cm³/mol. The number of esters is 1. The molecular weight excluding hydrogens is 480 g/mol. The van der Waals surface area contributed by atoms with E-state index in [4.69, 9.17) is 4.74 Å². The zero-order valence-electron chi connectivity index (χ0n) is 19.1. The Bertz CT molecular complexity index is 1120. The molecule has 34 heavy (non-hydrogen) atoms. The first-order chi connectivity index (χ1) is 16.0. The van der Waals surface area contributed by atoms with Gasteiger partial charge in [0.25, 0.3) is 10.0 Å². The maximum absolute atomic E-state index is 12.3. The van der Waals surface area contributed by atoms with Crippen LogP contribution < -0.4 is 15.4 Å². The van der Waals surface area contributed by atoms with Crippen molar-refractivity contribution in [1.29, 1.82) is 0 Å². The van der Waals surface area contributed by atoms with Crippen molar-refractivity contribution in [3.05, 3.63) is 59.7 Å². The quantitative estimate of drug-likeness (QED) is 0.233. The van der Waals surface area contributed by atoms with Gasteiger partial charge < -0.3 is 15.4 Å². The highest BCUT2D eigenvalue weighted by atomic mass is 32.2. The number of benzene rings is 2. The second-order valence-corrected chi connectivity index (χ2v) is 9.73.